The van der Waals surface area contributed by atoms with Gasteiger partial charge in [0.2, 0.25) is 0 Å². The number of hydrogen-bond donors (Lipinski definition) is 0. The maximum absolute atomic E-state index is 5.40. The normalized spacial score (nSPS) is 11.9. The first-order valence-corrected chi connectivity index (χ1v) is 6.73. The second kappa shape index (κ2) is 7.11. The highest BCUT2D eigenvalue weighted by molar-refractivity contribution is 5.39. The first-order chi connectivity index (χ1) is 8.58. The van der Waals surface area contributed by atoms with Crippen molar-refractivity contribution in [2.45, 2.75) is 46.5 Å². The number of hydrogen-bond acceptors (Lipinski definition) is 1. The zero-order valence-corrected chi connectivity index (χ0v) is 12.2. The molecule has 1 heteroatoms. The van der Waals surface area contributed by atoms with Crippen LogP contribution in [0.2, 0.25) is 0 Å². The third-order valence-corrected chi connectivity index (χ3v) is 2.98. The molecule has 1 atom stereocenters. The van der Waals surface area contributed by atoms with Gasteiger partial charge in [0.15, 0.2) is 0 Å². The molecule has 0 aromatic heterocycles. The standard InChI is InChI=1S/C17H24O/c1-6-7-8-14(4)11-15-9-10-17(18-5)16(12-15)13(2)3/h9-10,12-14H,6,11H2,1-5H3. The fourth-order valence-corrected chi connectivity index (χ4v) is 2.04. The lowest BCUT2D eigenvalue weighted by Crippen LogP contribution is -2.00. The average molecular weight is 244 g/mol. The minimum Gasteiger partial charge on any atom is -0.496 e. The summed E-state index contributed by atoms with van der Waals surface area (Å²) in [5.74, 6) is 8.32. The summed E-state index contributed by atoms with van der Waals surface area (Å²) < 4.78 is 5.40. The van der Waals surface area contributed by atoms with Gasteiger partial charge in [-0.3, -0.25) is 0 Å². The van der Waals surface area contributed by atoms with Gasteiger partial charge in [-0.25, -0.2) is 0 Å². The highest BCUT2D eigenvalue weighted by atomic mass is 16.5. The quantitative estimate of drug-likeness (QED) is 0.713. The molecule has 0 amide bonds. The lowest BCUT2D eigenvalue weighted by molar-refractivity contribution is 0.407. The molecule has 18 heavy (non-hydrogen) atoms. The fourth-order valence-electron chi connectivity index (χ4n) is 2.04. The van der Waals surface area contributed by atoms with Gasteiger partial charge in [-0.1, -0.05) is 45.7 Å². The van der Waals surface area contributed by atoms with E-state index >= 15 is 0 Å². The van der Waals surface area contributed by atoms with E-state index in [9.17, 15) is 0 Å². The van der Waals surface area contributed by atoms with Gasteiger partial charge in [-0.15, -0.1) is 5.92 Å². The van der Waals surface area contributed by atoms with Crippen molar-refractivity contribution in [3.05, 3.63) is 29.3 Å². The molecule has 0 spiro atoms. The van der Waals surface area contributed by atoms with Crippen LogP contribution in [0.25, 0.3) is 0 Å². The molecular weight excluding hydrogens is 220 g/mol. The molecule has 0 bridgehead atoms. The van der Waals surface area contributed by atoms with E-state index < -0.39 is 0 Å². The number of benzene rings is 1. The third kappa shape index (κ3) is 4.11. The van der Waals surface area contributed by atoms with Crippen molar-refractivity contribution in [3.8, 4) is 17.6 Å². The van der Waals surface area contributed by atoms with E-state index in [2.05, 4.69) is 57.7 Å². The van der Waals surface area contributed by atoms with Gasteiger partial charge in [-0.2, -0.15) is 0 Å². The Morgan fingerprint density at radius 2 is 1.94 bits per heavy atom. The Labute approximate surface area is 112 Å². The van der Waals surface area contributed by atoms with Crippen molar-refractivity contribution in [1.29, 1.82) is 0 Å². The van der Waals surface area contributed by atoms with Crippen LogP contribution in [0.3, 0.4) is 0 Å². The second-order valence-electron chi connectivity index (χ2n) is 5.01. The van der Waals surface area contributed by atoms with Gasteiger partial charge in [-0.05, 0) is 29.5 Å². The van der Waals surface area contributed by atoms with Gasteiger partial charge < -0.3 is 4.74 Å². The lowest BCUT2D eigenvalue weighted by Gasteiger charge is -2.14. The van der Waals surface area contributed by atoms with E-state index in [4.69, 9.17) is 4.74 Å². The summed E-state index contributed by atoms with van der Waals surface area (Å²) in [5.41, 5.74) is 2.63. The Kier molecular flexibility index (Phi) is 5.78. The molecule has 98 valence electrons. The molecule has 0 aliphatic carbocycles. The number of ether oxygens (including phenoxy) is 1. The summed E-state index contributed by atoms with van der Waals surface area (Å²) >= 11 is 0. The van der Waals surface area contributed by atoms with Crippen LogP contribution in [0.15, 0.2) is 18.2 Å². The van der Waals surface area contributed by atoms with Crippen LogP contribution in [0.4, 0.5) is 0 Å². The molecule has 0 aliphatic heterocycles. The minimum absolute atomic E-state index is 0.415. The first kappa shape index (κ1) is 14.6. The highest BCUT2D eigenvalue weighted by Gasteiger charge is 2.09. The molecule has 0 saturated heterocycles. The smallest absolute Gasteiger partial charge is 0.122 e. The van der Waals surface area contributed by atoms with Crippen LogP contribution in [-0.4, -0.2) is 7.11 Å². The molecule has 0 aliphatic rings. The predicted octanol–water partition coefficient (Wildman–Crippen LogP) is 4.41. The van der Waals surface area contributed by atoms with Crippen LogP contribution >= 0.6 is 0 Å². The Balaban J connectivity index is 2.88. The van der Waals surface area contributed by atoms with E-state index in [1.165, 1.54) is 11.1 Å². The van der Waals surface area contributed by atoms with Crippen molar-refractivity contribution in [2.24, 2.45) is 5.92 Å². The van der Waals surface area contributed by atoms with Crippen LogP contribution in [0, 0.1) is 17.8 Å². The Bertz CT molecular complexity index is 435. The van der Waals surface area contributed by atoms with Crippen molar-refractivity contribution in [3.63, 3.8) is 0 Å². The minimum atomic E-state index is 0.415. The molecular formula is C17H24O. The number of rotatable bonds is 4. The van der Waals surface area contributed by atoms with Gasteiger partial charge in [0.1, 0.15) is 5.75 Å². The SMILES string of the molecule is CCC#CC(C)Cc1ccc(OC)c(C(C)C)c1. The van der Waals surface area contributed by atoms with Gasteiger partial charge >= 0.3 is 0 Å². The van der Waals surface area contributed by atoms with Crippen LogP contribution in [0.5, 0.6) is 5.75 Å². The molecule has 0 N–H and O–H groups in total. The maximum atomic E-state index is 5.40. The molecule has 1 aromatic rings. The van der Waals surface area contributed by atoms with Crippen molar-refractivity contribution in [1.82, 2.24) is 0 Å². The Morgan fingerprint density at radius 3 is 2.50 bits per heavy atom. The van der Waals surface area contributed by atoms with Crippen molar-refractivity contribution >= 4 is 0 Å². The van der Waals surface area contributed by atoms with Gasteiger partial charge in [0, 0.05) is 12.3 Å². The topological polar surface area (TPSA) is 9.23 Å². The molecule has 0 fully saturated rings. The van der Waals surface area contributed by atoms with Crippen LogP contribution in [0.1, 0.15) is 51.2 Å². The van der Waals surface area contributed by atoms with Gasteiger partial charge in [0.25, 0.3) is 0 Å². The third-order valence-electron chi connectivity index (χ3n) is 2.98. The van der Waals surface area contributed by atoms with E-state index in [0.717, 1.165) is 18.6 Å². The van der Waals surface area contributed by atoms with Crippen LogP contribution < -0.4 is 4.74 Å². The first-order valence-electron chi connectivity index (χ1n) is 6.73. The van der Waals surface area contributed by atoms with E-state index in [0.29, 0.717) is 11.8 Å². The molecule has 1 aromatic carbocycles. The molecule has 1 rings (SSSR count). The summed E-state index contributed by atoms with van der Waals surface area (Å²) in [6, 6.07) is 6.48. The summed E-state index contributed by atoms with van der Waals surface area (Å²) in [6.07, 6.45) is 1.95. The zero-order valence-electron chi connectivity index (χ0n) is 12.2. The summed E-state index contributed by atoms with van der Waals surface area (Å²) in [6.45, 7) is 8.66. The van der Waals surface area contributed by atoms with Crippen LogP contribution in [-0.2, 0) is 6.42 Å². The Morgan fingerprint density at radius 1 is 1.22 bits per heavy atom. The Hall–Kier alpha value is -1.42. The van der Waals surface area contributed by atoms with E-state index in [1.807, 2.05) is 0 Å². The van der Waals surface area contributed by atoms with Gasteiger partial charge in [0.05, 0.1) is 7.11 Å². The van der Waals surface area contributed by atoms with Crippen molar-refractivity contribution < 1.29 is 4.74 Å². The summed E-state index contributed by atoms with van der Waals surface area (Å²) in [7, 11) is 1.73. The second-order valence-corrected chi connectivity index (χ2v) is 5.01. The summed E-state index contributed by atoms with van der Waals surface area (Å²) in [4.78, 5) is 0. The maximum Gasteiger partial charge on any atom is 0.122 e. The number of methoxy groups -OCH3 is 1. The zero-order chi connectivity index (χ0) is 13.5. The van der Waals surface area contributed by atoms with Crippen molar-refractivity contribution in [2.75, 3.05) is 7.11 Å². The lowest BCUT2D eigenvalue weighted by atomic mass is 9.95. The summed E-state index contributed by atoms with van der Waals surface area (Å²) in [5, 5.41) is 0. The average Bonchev–Trinajstić information content (AvgIpc) is 2.36. The molecule has 1 nitrogen and oxygen atoms in total. The largest absolute Gasteiger partial charge is 0.496 e. The molecule has 0 saturated carbocycles. The fraction of sp³-hybridized carbons (Fsp3) is 0.529. The predicted molar refractivity (Wildman–Crippen MR) is 78.0 cm³/mol. The van der Waals surface area contributed by atoms with E-state index in [1.54, 1.807) is 7.11 Å². The molecule has 0 radical (unpaired) electrons. The highest BCUT2D eigenvalue weighted by Crippen LogP contribution is 2.28. The van der Waals surface area contributed by atoms with E-state index in [-0.39, 0.29) is 0 Å². The molecule has 0 heterocycles. The molecule has 1 unspecified atom stereocenters. The monoisotopic (exact) mass is 244 g/mol.